The first-order valence-electron chi connectivity index (χ1n) is 6.66. The molecule has 2 N–H and O–H groups in total. The van der Waals surface area contributed by atoms with Crippen LogP contribution in [-0.4, -0.2) is 27.5 Å². The molecular weight excluding hydrogens is 250 g/mol. The summed E-state index contributed by atoms with van der Waals surface area (Å²) in [5.74, 6) is 0.475. The molecule has 1 aliphatic rings. The van der Waals surface area contributed by atoms with Gasteiger partial charge in [-0.2, -0.15) is 5.10 Å². The summed E-state index contributed by atoms with van der Waals surface area (Å²) in [7, 11) is 1.84. The van der Waals surface area contributed by atoms with E-state index in [9.17, 15) is 5.11 Å². The van der Waals surface area contributed by atoms with Gasteiger partial charge in [-0.15, -0.1) is 0 Å². The molecule has 2 rings (SSSR count). The first-order chi connectivity index (χ1) is 8.59. The Labute approximate surface area is 113 Å². The minimum Gasteiger partial charge on any atom is -0.392 e. The van der Waals surface area contributed by atoms with Gasteiger partial charge in [-0.1, -0.05) is 24.4 Å². The summed E-state index contributed by atoms with van der Waals surface area (Å²) in [6.45, 7) is 3.26. The van der Waals surface area contributed by atoms with Gasteiger partial charge in [0.15, 0.2) is 0 Å². The Bertz CT molecular complexity index is 399. The van der Waals surface area contributed by atoms with E-state index in [0.717, 1.165) is 24.1 Å². The number of nitrogens with zero attached hydrogens (tertiary/aromatic N) is 2. The van der Waals surface area contributed by atoms with Gasteiger partial charge in [0.05, 0.1) is 11.8 Å². The van der Waals surface area contributed by atoms with E-state index in [4.69, 9.17) is 11.6 Å². The van der Waals surface area contributed by atoms with Gasteiger partial charge in [-0.05, 0) is 25.7 Å². The van der Waals surface area contributed by atoms with Crippen LogP contribution >= 0.6 is 11.6 Å². The smallest absolute Gasteiger partial charge is 0.131 e. The van der Waals surface area contributed by atoms with Crippen molar-refractivity contribution in [1.29, 1.82) is 0 Å². The molecule has 1 fully saturated rings. The van der Waals surface area contributed by atoms with Crippen LogP contribution in [0.1, 0.15) is 36.9 Å². The summed E-state index contributed by atoms with van der Waals surface area (Å²) in [6.07, 6.45) is 4.61. The number of hydrogen-bond donors (Lipinski definition) is 2. The lowest BCUT2D eigenvalue weighted by Crippen LogP contribution is -2.31. The minimum absolute atomic E-state index is 0.233. The molecule has 0 radical (unpaired) electrons. The quantitative estimate of drug-likeness (QED) is 0.862. The lowest BCUT2D eigenvalue weighted by Gasteiger charge is -2.18. The van der Waals surface area contributed by atoms with Gasteiger partial charge in [-0.25, -0.2) is 0 Å². The molecule has 18 heavy (non-hydrogen) atoms. The predicted molar refractivity (Wildman–Crippen MR) is 72.6 cm³/mol. The second kappa shape index (κ2) is 6.04. The largest absolute Gasteiger partial charge is 0.392 e. The van der Waals surface area contributed by atoms with Crippen molar-refractivity contribution < 1.29 is 5.11 Å². The highest BCUT2D eigenvalue weighted by Gasteiger charge is 2.22. The van der Waals surface area contributed by atoms with Crippen LogP contribution in [0.5, 0.6) is 0 Å². The van der Waals surface area contributed by atoms with Crippen molar-refractivity contribution >= 4 is 11.6 Å². The number of aromatic nitrogens is 2. The molecule has 0 spiro atoms. The molecule has 1 aliphatic carbocycles. The first kappa shape index (κ1) is 13.8. The topological polar surface area (TPSA) is 50.1 Å². The molecule has 1 saturated carbocycles. The van der Waals surface area contributed by atoms with Crippen LogP contribution in [-0.2, 0) is 13.6 Å². The van der Waals surface area contributed by atoms with E-state index in [2.05, 4.69) is 10.4 Å². The van der Waals surface area contributed by atoms with Crippen molar-refractivity contribution in [2.75, 3.05) is 6.54 Å². The third-order valence-corrected chi connectivity index (χ3v) is 4.34. The van der Waals surface area contributed by atoms with Crippen molar-refractivity contribution in [3.63, 3.8) is 0 Å². The van der Waals surface area contributed by atoms with E-state index in [1.54, 1.807) is 4.68 Å². The number of nitrogens with one attached hydrogen (secondary N) is 1. The fourth-order valence-corrected chi connectivity index (χ4v) is 2.97. The van der Waals surface area contributed by atoms with E-state index >= 15 is 0 Å². The lowest BCUT2D eigenvalue weighted by molar-refractivity contribution is 0.109. The van der Waals surface area contributed by atoms with Crippen LogP contribution in [0.15, 0.2) is 0 Å². The summed E-state index contributed by atoms with van der Waals surface area (Å²) >= 11 is 6.15. The number of aliphatic hydroxyl groups excluding tert-OH is 1. The van der Waals surface area contributed by atoms with Crippen LogP contribution in [0.25, 0.3) is 0 Å². The maximum Gasteiger partial charge on any atom is 0.131 e. The SMILES string of the molecule is Cc1nn(C)c(Cl)c1CNCC(O)C1CCCC1. The van der Waals surface area contributed by atoms with Gasteiger partial charge in [0.25, 0.3) is 0 Å². The molecule has 0 aromatic carbocycles. The predicted octanol–water partition coefficient (Wildman–Crippen LogP) is 2.02. The molecule has 0 saturated heterocycles. The summed E-state index contributed by atoms with van der Waals surface area (Å²) in [6, 6.07) is 0. The summed E-state index contributed by atoms with van der Waals surface area (Å²) in [4.78, 5) is 0. The fraction of sp³-hybridized carbons (Fsp3) is 0.769. The number of hydrogen-bond acceptors (Lipinski definition) is 3. The molecule has 1 heterocycles. The van der Waals surface area contributed by atoms with Crippen molar-refractivity contribution in [1.82, 2.24) is 15.1 Å². The maximum absolute atomic E-state index is 10.1. The lowest BCUT2D eigenvalue weighted by atomic mass is 10.0. The highest BCUT2D eigenvalue weighted by molar-refractivity contribution is 6.30. The molecular formula is C13H22ClN3O. The Balaban J connectivity index is 1.81. The van der Waals surface area contributed by atoms with Gasteiger partial charge in [0.1, 0.15) is 5.15 Å². The highest BCUT2D eigenvalue weighted by atomic mass is 35.5. The molecule has 1 aromatic heterocycles. The third kappa shape index (κ3) is 3.05. The second-order valence-electron chi connectivity index (χ2n) is 5.22. The van der Waals surface area contributed by atoms with Gasteiger partial charge in [0.2, 0.25) is 0 Å². The van der Waals surface area contributed by atoms with Gasteiger partial charge in [-0.3, -0.25) is 4.68 Å². The van der Waals surface area contributed by atoms with E-state index in [-0.39, 0.29) is 6.10 Å². The normalized spacial score (nSPS) is 18.4. The molecule has 4 nitrogen and oxygen atoms in total. The van der Waals surface area contributed by atoms with Crippen LogP contribution < -0.4 is 5.32 Å². The molecule has 0 amide bonds. The highest BCUT2D eigenvalue weighted by Crippen LogP contribution is 2.27. The fourth-order valence-electron chi connectivity index (χ4n) is 2.73. The average Bonchev–Trinajstić information content (AvgIpc) is 2.93. The van der Waals surface area contributed by atoms with E-state index in [0.29, 0.717) is 24.2 Å². The first-order valence-corrected chi connectivity index (χ1v) is 7.04. The molecule has 1 unspecified atom stereocenters. The molecule has 5 heteroatoms. The number of aliphatic hydroxyl groups is 1. The van der Waals surface area contributed by atoms with Gasteiger partial charge >= 0.3 is 0 Å². The number of rotatable bonds is 5. The van der Waals surface area contributed by atoms with E-state index < -0.39 is 0 Å². The van der Waals surface area contributed by atoms with Gasteiger partial charge in [0, 0.05) is 25.7 Å². The summed E-state index contributed by atoms with van der Waals surface area (Å²) < 4.78 is 1.68. The van der Waals surface area contributed by atoms with Crippen molar-refractivity contribution in [2.45, 2.75) is 45.3 Å². The molecule has 1 aromatic rings. The van der Waals surface area contributed by atoms with Gasteiger partial charge < -0.3 is 10.4 Å². The third-order valence-electron chi connectivity index (χ3n) is 3.87. The zero-order valence-electron chi connectivity index (χ0n) is 11.1. The van der Waals surface area contributed by atoms with Crippen molar-refractivity contribution in [3.05, 3.63) is 16.4 Å². The average molecular weight is 272 g/mol. The molecule has 0 bridgehead atoms. The Morgan fingerprint density at radius 1 is 1.50 bits per heavy atom. The van der Waals surface area contributed by atoms with E-state index in [1.807, 2.05) is 14.0 Å². The Kier molecular flexibility index (Phi) is 4.65. The standard InChI is InChI=1S/C13H22ClN3O/c1-9-11(13(14)17(2)16-9)7-15-8-12(18)10-5-3-4-6-10/h10,12,15,18H,3-8H2,1-2H3. The van der Waals surface area contributed by atoms with E-state index in [1.165, 1.54) is 12.8 Å². The maximum atomic E-state index is 10.1. The van der Waals surface area contributed by atoms with Crippen LogP contribution in [0.2, 0.25) is 5.15 Å². The van der Waals surface area contributed by atoms with Crippen LogP contribution in [0, 0.1) is 12.8 Å². The molecule has 0 aliphatic heterocycles. The monoisotopic (exact) mass is 271 g/mol. The molecule has 1 atom stereocenters. The summed E-state index contributed by atoms with van der Waals surface area (Å²) in [5, 5.41) is 18.3. The zero-order valence-corrected chi connectivity index (χ0v) is 11.9. The minimum atomic E-state index is -0.233. The Hall–Kier alpha value is -0.580. The van der Waals surface area contributed by atoms with Crippen LogP contribution in [0.3, 0.4) is 0 Å². The number of halogens is 1. The van der Waals surface area contributed by atoms with Crippen LogP contribution in [0.4, 0.5) is 0 Å². The Morgan fingerprint density at radius 2 is 2.17 bits per heavy atom. The summed E-state index contributed by atoms with van der Waals surface area (Å²) in [5.41, 5.74) is 1.98. The zero-order chi connectivity index (χ0) is 13.1. The Morgan fingerprint density at radius 3 is 2.72 bits per heavy atom. The molecule has 102 valence electrons. The van der Waals surface area contributed by atoms with Crippen molar-refractivity contribution in [2.24, 2.45) is 13.0 Å². The second-order valence-corrected chi connectivity index (χ2v) is 5.58. The van der Waals surface area contributed by atoms with Crippen molar-refractivity contribution in [3.8, 4) is 0 Å². The number of aryl methyl sites for hydroxylation is 2.